The zero-order valence-electron chi connectivity index (χ0n) is 12.2. The minimum Gasteiger partial charge on any atom is -0.394 e. The van der Waals surface area contributed by atoms with Gasteiger partial charge in [-0.2, -0.15) is 0 Å². The van der Waals surface area contributed by atoms with E-state index in [-0.39, 0.29) is 12.7 Å². The monoisotopic (exact) mass is 287 g/mol. The molecule has 5 nitrogen and oxygen atoms in total. The molecule has 2 heterocycles. The van der Waals surface area contributed by atoms with Gasteiger partial charge in [-0.3, -0.25) is 0 Å². The van der Waals surface area contributed by atoms with Crippen LogP contribution in [0.1, 0.15) is 5.56 Å². The third kappa shape index (κ3) is 3.00. The average Bonchev–Trinajstić information content (AvgIpc) is 2.54. The van der Waals surface area contributed by atoms with Crippen LogP contribution >= 0.6 is 0 Å². The normalized spacial score (nSPS) is 19.1. The molecule has 1 saturated heterocycles. The highest BCUT2D eigenvalue weighted by molar-refractivity contribution is 5.81. The molecule has 0 aliphatic carbocycles. The molecule has 1 aliphatic rings. The summed E-state index contributed by atoms with van der Waals surface area (Å²) in [6.07, 6.45) is -0.130. The molecular formula is C16H21N3O2. The second-order valence-corrected chi connectivity index (χ2v) is 5.32. The van der Waals surface area contributed by atoms with Crippen molar-refractivity contribution in [1.29, 1.82) is 0 Å². The highest BCUT2D eigenvalue weighted by Crippen LogP contribution is 2.25. The third-order valence-electron chi connectivity index (χ3n) is 3.79. The van der Waals surface area contributed by atoms with Gasteiger partial charge in [0.15, 0.2) is 0 Å². The minimum atomic E-state index is -0.130. The van der Waals surface area contributed by atoms with Gasteiger partial charge in [0.05, 0.1) is 24.8 Å². The highest BCUT2D eigenvalue weighted by Gasteiger charge is 2.23. The number of pyridine rings is 1. The highest BCUT2D eigenvalue weighted by atomic mass is 16.5. The second kappa shape index (κ2) is 6.39. The number of para-hydroxylation sites is 1. The summed E-state index contributed by atoms with van der Waals surface area (Å²) in [5.74, 6) is 0.991. The van der Waals surface area contributed by atoms with Crippen LogP contribution in [0, 0.1) is 0 Å². The van der Waals surface area contributed by atoms with Crippen molar-refractivity contribution in [1.82, 2.24) is 10.3 Å². The Bertz CT molecular complexity index is 617. The van der Waals surface area contributed by atoms with Gasteiger partial charge in [-0.15, -0.1) is 0 Å². The van der Waals surface area contributed by atoms with Crippen LogP contribution in [0.2, 0.25) is 0 Å². The van der Waals surface area contributed by atoms with Gasteiger partial charge >= 0.3 is 0 Å². The Morgan fingerprint density at radius 3 is 3.10 bits per heavy atom. The summed E-state index contributed by atoms with van der Waals surface area (Å²) < 4.78 is 5.53. The molecule has 0 bridgehead atoms. The lowest BCUT2D eigenvalue weighted by Gasteiger charge is -2.34. The molecule has 0 radical (unpaired) electrons. The SMILES string of the molecule is CNCc1cc2ccccc2nc1N1CCOC(CO)C1. The van der Waals surface area contributed by atoms with E-state index in [0.717, 1.165) is 29.8 Å². The Hall–Kier alpha value is -1.69. The maximum atomic E-state index is 9.32. The summed E-state index contributed by atoms with van der Waals surface area (Å²) in [6, 6.07) is 10.3. The number of hydrogen-bond donors (Lipinski definition) is 2. The number of anilines is 1. The molecule has 3 rings (SSSR count). The topological polar surface area (TPSA) is 57.6 Å². The molecule has 1 fully saturated rings. The summed E-state index contributed by atoms with van der Waals surface area (Å²) in [5.41, 5.74) is 2.18. The van der Waals surface area contributed by atoms with Gasteiger partial charge in [-0.25, -0.2) is 4.98 Å². The van der Waals surface area contributed by atoms with Gasteiger partial charge in [0.2, 0.25) is 0 Å². The maximum Gasteiger partial charge on any atom is 0.133 e. The molecule has 5 heteroatoms. The quantitative estimate of drug-likeness (QED) is 0.883. The van der Waals surface area contributed by atoms with Crippen molar-refractivity contribution >= 4 is 16.7 Å². The average molecular weight is 287 g/mol. The van der Waals surface area contributed by atoms with Gasteiger partial charge in [-0.05, 0) is 19.2 Å². The van der Waals surface area contributed by atoms with Crippen LogP contribution in [-0.4, -0.2) is 49.5 Å². The smallest absolute Gasteiger partial charge is 0.133 e. The molecule has 112 valence electrons. The predicted molar refractivity (Wildman–Crippen MR) is 83.5 cm³/mol. The van der Waals surface area contributed by atoms with Gasteiger partial charge in [-0.1, -0.05) is 18.2 Å². The van der Waals surface area contributed by atoms with Crippen LogP contribution in [0.15, 0.2) is 30.3 Å². The maximum absolute atomic E-state index is 9.32. The van der Waals surface area contributed by atoms with Crippen molar-refractivity contribution in [2.75, 3.05) is 38.3 Å². The van der Waals surface area contributed by atoms with Crippen molar-refractivity contribution in [2.45, 2.75) is 12.6 Å². The minimum absolute atomic E-state index is 0.0471. The van der Waals surface area contributed by atoms with E-state index in [1.165, 1.54) is 5.56 Å². The lowest BCUT2D eigenvalue weighted by molar-refractivity contribution is 0.00333. The summed E-state index contributed by atoms with van der Waals surface area (Å²) >= 11 is 0. The van der Waals surface area contributed by atoms with Crippen molar-refractivity contribution in [2.24, 2.45) is 0 Å². The Labute approximate surface area is 124 Å². The number of nitrogens with zero attached hydrogens (tertiary/aromatic N) is 2. The number of aromatic nitrogens is 1. The van der Waals surface area contributed by atoms with E-state index in [2.05, 4.69) is 22.3 Å². The Balaban J connectivity index is 2.00. The number of hydrogen-bond acceptors (Lipinski definition) is 5. The van der Waals surface area contributed by atoms with E-state index in [1.54, 1.807) is 0 Å². The first-order valence-corrected chi connectivity index (χ1v) is 7.32. The van der Waals surface area contributed by atoms with Crippen LogP contribution < -0.4 is 10.2 Å². The lowest BCUT2D eigenvalue weighted by Crippen LogP contribution is -2.45. The first-order valence-electron chi connectivity index (χ1n) is 7.32. The fraction of sp³-hybridized carbons (Fsp3) is 0.438. The third-order valence-corrected chi connectivity index (χ3v) is 3.79. The number of benzene rings is 1. The van der Waals surface area contributed by atoms with Crippen molar-refractivity contribution < 1.29 is 9.84 Å². The molecule has 1 atom stereocenters. The largest absolute Gasteiger partial charge is 0.394 e. The molecule has 21 heavy (non-hydrogen) atoms. The van der Waals surface area contributed by atoms with E-state index in [1.807, 2.05) is 25.2 Å². The number of nitrogens with one attached hydrogen (secondary N) is 1. The number of fused-ring (bicyclic) bond motifs is 1. The van der Waals surface area contributed by atoms with Gasteiger partial charge < -0.3 is 20.1 Å². The summed E-state index contributed by atoms with van der Waals surface area (Å²) in [4.78, 5) is 7.05. The standard InChI is InChI=1S/C16H21N3O2/c1-17-9-13-8-12-4-2-3-5-15(12)18-16(13)19-6-7-21-14(10-19)11-20/h2-5,8,14,17,20H,6-7,9-11H2,1H3. The number of morpholine rings is 1. The molecule has 2 aromatic rings. The molecule has 0 amide bonds. The van der Waals surface area contributed by atoms with Crippen molar-refractivity contribution in [3.63, 3.8) is 0 Å². The summed E-state index contributed by atoms with van der Waals surface area (Å²) in [7, 11) is 1.94. The lowest BCUT2D eigenvalue weighted by atomic mass is 10.1. The van der Waals surface area contributed by atoms with Crippen molar-refractivity contribution in [3.8, 4) is 0 Å². The molecule has 1 unspecified atom stereocenters. The second-order valence-electron chi connectivity index (χ2n) is 5.32. The first kappa shape index (κ1) is 14.3. The number of rotatable bonds is 4. The predicted octanol–water partition coefficient (Wildman–Crippen LogP) is 1.15. The Morgan fingerprint density at radius 2 is 2.29 bits per heavy atom. The zero-order chi connectivity index (χ0) is 14.7. The van der Waals surface area contributed by atoms with Gasteiger partial charge in [0.25, 0.3) is 0 Å². The van der Waals surface area contributed by atoms with Crippen LogP contribution in [0.5, 0.6) is 0 Å². The molecule has 0 saturated carbocycles. The zero-order valence-corrected chi connectivity index (χ0v) is 12.2. The van der Waals surface area contributed by atoms with Crippen LogP contribution in [0.3, 0.4) is 0 Å². The molecule has 1 aromatic heterocycles. The Kier molecular flexibility index (Phi) is 4.34. The van der Waals surface area contributed by atoms with Gasteiger partial charge in [0, 0.05) is 30.6 Å². The molecular weight excluding hydrogens is 266 g/mol. The van der Waals surface area contributed by atoms with Crippen LogP contribution in [0.25, 0.3) is 10.9 Å². The van der Waals surface area contributed by atoms with Gasteiger partial charge in [0.1, 0.15) is 5.82 Å². The molecule has 0 spiro atoms. The van der Waals surface area contributed by atoms with E-state index in [0.29, 0.717) is 13.2 Å². The number of aliphatic hydroxyl groups excluding tert-OH is 1. The van der Waals surface area contributed by atoms with E-state index in [9.17, 15) is 5.11 Å². The molecule has 1 aromatic carbocycles. The number of ether oxygens (including phenoxy) is 1. The van der Waals surface area contributed by atoms with E-state index < -0.39 is 0 Å². The summed E-state index contributed by atoms with van der Waals surface area (Å²) in [6.45, 7) is 2.93. The van der Waals surface area contributed by atoms with Crippen LogP contribution in [0.4, 0.5) is 5.82 Å². The molecule has 2 N–H and O–H groups in total. The summed E-state index contributed by atoms with van der Waals surface area (Å²) in [5, 5.41) is 13.7. The Morgan fingerprint density at radius 1 is 1.43 bits per heavy atom. The number of aliphatic hydroxyl groups is 1. The van der Waals surface area contributed by atoms with Crippen LogP contribution in [-0.2, 0) is 11.3 Å². The molecule has 1 aliphatic heterocycles. The van der Waals surface area contributed by atoms with E-state index in [4.69, 9.17) is 9.72 Å². The van der Waals surface area contributed by atoms with E-state index >= 15 is 0 Å². The first-order chi connectivity index (χ1) is 10.3. The fourth-order valence-electron chi connectivity index (χ4n) is 2.77. The fourth-order valence-corrected chi connectivity index (χ4v) is 2.77. The van der Waals surface area contributed by atoms with Crippen molar-refractivity contribution in [3.05, 3.63) is 35.9 Å².